The Kier molecular flexibility index (Phi) is 6.36. The van der Waals surface area contributed by atoms with Gasteiger partial charge in [0.2, 0.25) is 5.91 Å². The highest BCUT2D eigenvalue weighted by atomic mass is 32.2. The third kappa shape index (κ3) is 4.66. The van der Waals surface area contributed by atoms with Gasteiger partial charge in [0, 0.05) is 35.1 Å². The van der Waals surface area contributed by atoms with Crippen molar-refractivity contribution in [3.05, 3.63) is 42.5 Å². The second kappa shape index (κ2) is 8.99. The second-order valence-corrected chi connectivity index (χ2v) is 10.9. The van der Waals surface area contributed by atoms with E-state index in [2.05, 4.69) is 27.7 Å². The van der Waals surface area contributed by atoms with Gasteiger partial charge in [0.25, 0.3) is 0 Å². The molecule has 1 fully saturated rings. The summed E-state index contributed by atoms with van der Waals surface area (Å²) in [6.07, 6.45) is 3.80. The van der Waals surface area contributed by atoms with E-state index in [4.69, 9.17) is 0 Å². The zero-order valence-electron chi connectivity index (χ0n) is 17.1. The van der Waals surface area contributed by atoms with E-state index in [0.717, 1.165) is 53.5 Å². The van der Waals surface area contributed by atoms with Gasteiger partial charge in [-0.2, -0.15) is 0 Å². The number of carbonyl (C=O) groups excluding carboxylic acids is 1. The van der Waals surface area contributed by atoms with Crippen LogP contribution in [0.2, 0.25) is 0 Å². The summed E-state index contributed by atoms with van der Waals surface area (Å²) in [5.74, 6) is 0.252. The molecule has 0 bridgehead atoms. The maximum Gasteiger partial charge on any atom is 0.223 e. The average Bonchev–Trinajstić information content (AvgIpc) is 2.75. The summed E-state index contributed by atoms with van der Waals surface area (Å²) in [5, 5.41) is 6.36. The molecule has 0 aliphatic carbocycles. The minimum absolute atomic E-state index is 0.108. The molecule has 4 rings (SSSR count). The Morgan fingerprint density at radius 3 is 2.63 bits per heavy atom. The van der Waals surface area contributed by atoms with Crippen molar-refractivity contribution in [2.75, 3.05) is 37.3 Å². The molecule has 0 unspecified atom stereocenters. The number of carbonyl (C=O) groups is 1. The highest BCUT2D eigenvalue weighted by Crippen LogP contribution is 2.48. The monoisotopic (exact) mass is 445 g/mol. The minimum atomic E-state index is -3.28. The van der Waals surface area contributed by atoms with Gasteiger partial charge in [-0.3, -0.25) is 4.79 Å². The standard InChI is InChI=1S/C22H27N3O3S2/c1-30(27,28)17-7-8-21-19(15-17)25(18-5-2-3-6-20(18)29-21)14-4-11-24-22(26)16-9-12-23-13-10-16/h2-3,5-8,15-16,23H,4,9-14H2,1H3,(H,24,26). The van der Waals surface area contributed by atoms with Gasteiger partial charge in [-0.05, 0) is 62.7 Å². The number of amides is 1. The number of para-hydroxylation sites is 1. The van der Waals surface area contributed by atoms with Gasteiger partial charge >= 0.3 is 0 Å². The van der Waals surface area contributed by atoms with E-state index in [0.29, 0.717) is 18.0 Å². The Bertz CT molecular complexity index is 1030. The molecular weight excluding hydrogens is 418 g/mol. The molecule has 6 nitrogen and oxygen atoms in total. The number of benzene rings is 2. The molecule has 2 N–H and O–H groups in total. The van der Waals surface area contributed by atoms with Crippen LogP contribution in [0.3, 0.4) is 0 Å². The zero-order valence-corrected chi connectivity index (χ0v) is 18.7. The summed E-state index contributed by atoms with van der Waals surface area (Å²) in [7, 11) is -3.28. The molecule has 2 aromatic rings. The number of piperidine rings is 1. The van der Waals surface area contributed by atoms with Crippen LogP contribution in [0.25, 0.3) is 0 Å². The van der Waals surface area contributed by atoms with Crippen molar-refractivity contribution in [2.45, 2.75) is 33.9 Å². The van der Waals surface area contributed by atoms with Gasteiger partial charge in [-0.25, -0.2) is 8.42 Å². The van der Waals surface area contributed by atoms with Crippen LogP contribution in [-0.4, -0.2) is 46.8 Å². The van der Waals surface area contributed by atoms with E-state index < -0.39 is 9.84 Å². The normalized spacial score (nSPS) is 16.6. The van der Waals surface area contributed by atoms with Crippen LogP contribution in [0.15, 0.2) is 57.2 Å². The predicted molar refractivity (Wildman–Crippen MR) is 120 cm³/mol. The van der Waals surface area contributed by atoms with E-state index in [1.165, 1.54) is 6.26 Å². The van der Waals surface area contributed by atoms with Crippen molar-refractivity contribution in [1.82, 2.24) is 10.6 Å². The van der Waals surface area contributed by atoms with E-state index >= 15 is 0 Å². The first-order valence-electron chi connectivity index (χ1n) is 10.3. The van der Waals surface area contributed by atoms with Crippen LogP contribution >= 0.6 is 11.8 Å². The van der Waals surface area contributed by atoms with Gasteiger partial charge in [0.05, 0.1) is 16.3 Å². The van der Waals surface area contributed by atoms with Gasteiger partial charge in [0.1, 0.15) is 0 Å². The predicted octanol–water partition coefficient (Wildman–Crippen LogP) is 3.20. The van der Waals surface area contributed by atoms with Crippen LogP contribution in [0.5, 0.6) is 0 Å². The minimum Gasteiger partial charge on any atom is -0.356 e. The van der Waals surface area contributed by atoms with Crippen LogP contribution in [0.4, 0.5) is 11.4 Å². The number of sulfone groups is 1. The van der Waals surface area contributed by atoms with E-state index in [9.17, 15) is 13.2 Å². The number of nitrogens with one attached hydrogen (secondary N) is 2. The molecule has 2 aliphatic rings. The smallest absolute Gasteiger partial charge is 0.223 e. The SMILES string of the molecule is CS(=O)(=O)c1ccc2c(c1)N(CCCNC(=O)C1CCNCC1)c1ccccc1S2. The highest BCUT2D eigenvalue weighted by molar-refractivity contribution is 7.99. The summed E-state index contributed by atoms with van der Waals surface area (Å²) >= 11 is 1.66. The van der Waals surface area contributed by atoms with Crippen LogP contribution in [0, 0.1) is 5.92 Å². The van der Waals surface area contributed by atoms with Gasteiger partial charge in [-0.1, -0.05) is 23.9 Å². The lowest BCUT2D eigenvalue weighted by Crippen LogP contribution is -2.39. The Balaban J connectivity index is 1.48. The Hall–Kier alpha value is -2.03. The first kappa shape index (κ1) is 21.2. The summed E-state index contributed by atoms with van der Waals surface area (Å²) < 4.78 is 24.2. The van der Waals surface area contributed by atoms with Gasteiger partial charge in [-0.15, -0.1) is 0 Å². The molecular formula is C22H27N3O3S2. The molecule has 1 saturated heterocycles. The molecule has 2 aliphatic heterocycles. The number of fused-ring (bicyclic) bond motifs is 2. The number of hydrogen-bond donors (Lipinski definition) is 2. The molecule has 0 spiro atoms. The van der Waals surface area contributed by atoms with Crippen molar-refractivity contribution in [3.8, 4) is 0 Å². The quantitative estimate of drug-likeness (QED) is 0.665. The summed E-state index contributed by atoms with van der Waals surface area (Å²) in [5.41, 5.74) is 1.98. The number of hydrogen-bond acceptors (Lipinski definition) is 6. The lowest BCUT2D eigenvalue weighted by atomic mass is 9.97. The molecule has 160 valence electrons. The molecule has 1 amide bonds. The lowest BCUT2D eigenvalue weighted by Gasteiger charge is -2.33. The van der Waals surface area contributed by atoms with E-state index in [1.54, 1.807) is 23.9 Å². The van der Waals surface area contributed by atoms with Crippen molar-refractivity contribution >= 4 is 38.9 Å². The van der Waals surface area contributed by atoms with Crippen molar-refractivity contribution in [2.24, 2.45) is 5.92 Å². The second-order valence-electron chi connectivity index (χ2n) is 7.79. The Labute approximate surface area is 182 Å². The first-order chi connectivity index (χ1) is 14.4. The number of nitrogens with zero attached hydrogens (tertiary/aromatic N) is 1. The zero-order chi connectivity index (χ0) is 21.1. The number of anilines is 2. The largest absolute Gasteiger partial charge is 0.356 e. The molecule has 0 aromatic heterocycles. The fourth-order valence-corrected chi connectivity index (χ4v) is 5.67. The third-order valence-corrected chi connectivity index (χ3v) is 7.83. The molecule has 0 atom stereocenters. The maximum atomic E-state index is 12.4. The van der Waals surface area contributed by atoms with Crippen molar-refractivity contribution in [3.63, 3.8) is 0 Å². The van der Waals surface area contributed by atoms with Gasteiger partial charge in [0.15, 0.2) is 9.84 Å². The Morgan fingerprint density at radius 2 is 1.87 bits per heavy atom. The van der Waals surface area contributed by atoms with Gasteiger partial charge < -0.3 is 15.5 Å². The summed E-state index contributed by atoms with van der Waals surface area (Å²) in [6.45, 7) is 3.11. The molecule has 2 aromatic carbocycles. The van der Waals surface area contributed by atoms with Crippen LogP contribution in [0.1, 0.15) is 19.3 Å². The first-order valence-corrected chi connectivity index (χ1v) is 13.0. The molecule has 8 heteroatoms. The van der Waals surface area contributed by atoms with Crippen LogP contribution in [-0.2, 0) is 14.6 Å². The fourth-order valence-electron chi connectivity index (χ4n) is 3.96. The van der Waals surface area contributed by atoms with E-state index in [1.807, 2.05) is 18.2 Å². The summed E-state index contributed by atoms with van der Waals surface area (Å²) in [6, 6.07) is 13.5. The molecule has 2 heterocycles. The van der Waals surface area contributed by atoms with E-state index in [-0.39, 0.29) is 11.8 Å². The molecule has 30 heavy (non-hydrogen) atoms. The molecule has 0 saturated carbocycles. The van der Waals surface area contributed by atoms with Crippen LogP contribution < -0.4 is 15.5 Å². The maximum absolute atomic E-state index is 12.4. The lowest BCUT2D eigenvalue weighted by molar-refractivity contribution is -0.125. The summed E-state index contributed by atoms with van der Waals surface area (Å²) in [4.78, 5) is 17.1. The highest BCUT2D eigenvalue weighted by Gasteiger charge is 2.25. The van der Waals surface area contributed by atoms with Crippen molar-refractivity contribution in [1.29, 1.82) is 0 Å². The third-order valence-electron chi connectivity index (χ3n) is 5.59. The van der Waals surface area contributed by atoms with Crippen molar-refractivity contribution < 1.29 is 13.2 Å². The molecule has 0 radical (unpaired) electrons. The Morgan fingerprint density at radius 1 is 1.13 bits per heavy atom. The fraction of sp³-hybridized carbons (Fsp3) is 0.409. The average molecular weight is 446 g/mol. The number of rotatable bonds is 6. The topological polar surface area (TPSA) is 78.5 Å².